The van der Waals surface area contributed by atoms with E-state index in [2.05, 4.69) is 65.1 Å². The molecule has 0 unspecified atom stereocenters. The van der Waals surface area contributed by atoms with Crippen LogP contribution in [0.2, 0.25) is 0 Å². The molecule has 0 aliphatic carbocycles. The number of rotatable bonds is 3. The fourth-order valence-electron chi connectivity index (χ4n) is 2.22. The standard InChI is InChI=1S/C15H23BrN2OS/c1-15(2,3)17-11-12-4-5-13(16)10-14(12)18-6-8-20(19)9-7-18/h4-5,10,17H,6-9,11H2,1-3H3. The molecule has 1 aliphatic heterocycles. The molecule has 5 heteroatoms. The van der Waals surface area contributed by atoms with Crippen LogP contribution in [0.15, 0.2) is 22.7 Å². The molecule has 1 heterocycles. The van der Waals surface area contributed by atoms with Gasteiger partial charge in [-0.05, 0) is 38.5 Å². The van der Waals surface area contributed by atoms with Gasteiger partial charge in [-0.25, -0.2) is 0 Å². The van der Waals surface area contributed by atoms with E-state index in [1.54, 1.807) is 0 Å². The van der Waals surface area contributed by atoms with Gasteiger partial charge in [-0.15, -0.1) is 0 Å². The van der Waals surface area contributed by atoms with E-state index < -0.39 is 10.8 Å². The molecule has 3 nitrogen and oxygen atoms in total. The average molecular weight is 359 g/mol. The molecule has 0 saturated carbocycles. The molecule has 0 radical (unpaired) electrons. The summed E-state index contributed by atoms with van der Waals surface area (Å²) in [4.78, 5) is 2.35. The Bertz CT molecular complexity index is 489. The van der Waals surface area contributed by atoms with Crippen molar-refractivity contribution in [1.29, 1.82) is 0 Å². The number of benzene rings is 1. The molecule has 1 saturated heterocycles. The summed E-state index contributed by atoms with van der Waals surface area (Å²) in [6.07, 6.45) is 0. The number of anilines is 1. The van der Waals surface area contributed by atoms with Gasteiger partial charge in [0.2, 0.25) is 0 Å². The minimum absolute atomic E-state index is 0.105. The SMILES string of the molecule is CC(C)(C)NCc1ccc(Br)cc1N1CCS(=O)CC1. The highest BCUT2D eigenvalue weighted by molar-refractivity contribution is 9.10. The Morgan fingerprint density at radius 2 is 1.95 bits per heavy atom. The van der Waals surface area contributed by atoms with Crippen LogP contribution in [-0.4, -0.2) is 34.3 Å². The summed E-state index contributed by atoms with van der Waals surface area (Å²) in [5.74, 6) is 1.55. The van der Waals surface area contributed by atoms with E-state index >= 15 is 0 Å². The fraction of sp³-hybridized carbons (Fsp3) is 0.600. The summed E-state index contributed by atoms with van der Waals surface area (Å²) in [6, 6.07) is 6.43. The van der Waals surface area contributed by atoms with Crippen molar-refractivity contribution in [3.8, 4) is 0 Å². The Hall–Kier alpha value is -0.390. The predicted octanol–water partition coefficient (Wildman–Crippen LogP) is 2.91. The summed E-state index contributed by atoms with van der Waals surface area (Å²) >= 11 is 3.56. The normalized spacial score (nSPS) is 17.5. The van der Waals surface area contributed by atoms with E-state index in [0.717, 1.165) is 35.6 Å². The lowest BCUT2D eigenvalue weighted by molar-refractivity contribution is 0.424. The van der Waals surface area contributed by atoms with Crippen molar-refractivity contribution in [2.75, 3.05) is 29.5 Å². The molecule has 20 heavy (non-hydrogen) atoms. The highest BCUT2D eigenvalue weighted by atomic mass is 79.9. The lowest BCUT2D eigenvalue weighted by atomic mass is 10.1. The summed E-state index contributed by atoms with van der Waals surface area (Å²) in [6.45, 7) is 9.14. The molecule has 0 bridgehead atoms. The van der Waals surface area contributed by atoms with Gasteiger partial charge in [0.25, 0.3) is 0 Å². The van der Waals surface area contributed by atoms with Crippen molar-refractivity contribution in [3.05, 3.63) is 28.2 Å². The quantitative estimate of drug-likeness (QED) is 0.901. The van der Waals surface area contributed by atoms with Gasteiger partial charge >= 0.3 is 0 Å². The Morgan fingerprint density at radius 1 is 1.30 bits per heavy atom. The number of hydrogen-bond donors (Lipinski definition) is 1. The number of hydrogen-bond acceptors (Lipinski definition) is 3. The molecule has 1 aliphatic rings. The van der Waals surface area contributed by atoms with Crippen molar-refractivity contribution < 1.29 is 4.21 Å². The number of halogens is 1. The maximum Gasteiger partial charge on any atom is 0.0423 e. The van der Waals surface area contributed by atoms with Crippen LogP contribution < -0.4 is 10.2 Å². The van der Waals surface area contributed by atoms with Gasteiger partial charge in [0.15, 0.2) is 0 Å². The minimum atomic E-state index is -0.633. The third-order valence-corrected chi connectivity index (χ3v) is 5.14. The van der Waals surface area contributed by atoms with Crippen LogP contribution in [0.4, 0.5) is 5.69 Å². The molecule has 0 aromatic heterocycles. The number of nitrogens with one attached hydrogen (secondary N) is 1. The second-order valence-corrected chi connectivity index (χ2v) is 8.82. The van der Waals surface area contributed by atoms with Gasteiger partial charge in [0.1, 0.15) is 0 Å². The zero-order chi connectivity index (χ0) is 14.8. The first-order valence-corrected chi connectivity index (χ1v) is 9.27. The fourth-order valence-corrected chi connectivity index (χ4v) is 3.62. The summed E-state index contributed by atoms with van der Waals surface area (Å²) in [7, 11) is -0.633. The maximum absolute atomic E-state index is 11.5. The molecule has 0 spiro atoms. The van der Waals surface area contributed by atoms with Crippen LogP contribution in [0.3, 0.4) is 0 Å². The van der Waals surface area contributed by atoms with Crippen LogP contribution in [0.5, 0.6) is 0 Å². The van der Waals surface area contributed by atoms with Crippen LogP contribution in [0, 0.1) is 0 Å². The van der Waals surface area contributed by atoms with Crippen LogP contribution in [0.1, 0.15) is 26.3 Å². The molecule has 1 fully saturated rings. The molecular formula is C15H23BrN2OS. The van der Waals surface area contributed by atoms with E-state index in [1.165, 1.54) is 11.3 Å². The zero-order valence-electron chi connectivity index (χ0n) is 12.4. The molecular weight excluding hydrogens is 336 g/mol. The largest absolute Gasteiger partial charge is 0.369 e. The van der Waals surface area contributed by atoms with Gasteiger partial charge in [-0.2, -0.15) is 0 Å². The van der Waals surface area contributed by atoms with E-state index in [0.29, 0.717) is 0 Å². The molecule has 0 atom stereocenters. The molecule has 112 valence electrons. The molecule has 0 amide bonds. The van der Waals surface area contributed by atoms with Crippen molar-refractivity contribution in [2.45, 2.75) is 32.9 Å². The third-order valence-electron chi connectivity index (χ3n) is 3.37. The second-order valence-electron chi connectivity index (χ2n) is 6.21. The van der Waals surface area contributed by atoms with Crippen molar-refractivity contribution >= 4 is 32.4 Å². The maximum atomic E-state index is 11.5. The van der Waals surface area contributed by atoms with E-state index in [1.807, 2.05) is 0 Å². The van der Waals surface area contributed by atoms with Crippen molar-refractivity contribution in [2.24, 2.45) is 0 Å². The summed E-state index contributed by atoms with van der Waals surface area (Å²) in [5.41, 5.74) is 2.66. The summed E-state index contributed by atoms with van der Waals surface area (Å²) in [5, 5.41) is 3.54. The van der Waals surface area contributed by atoms with Gasteiger partial charge in [0.05, 0.1) is 0 Å². The smallest absolute Gasteiger partial charge is 0.0423 e. The Labute approximate surface area is 132 Å². The Morgan fingerprint density at radius 3 is 2.55 bits per heavy atom. The van der Waals surface area contributed by atoms with Crippen LogP contribution in [-0.2, 0) is 17.3 Å². The third kappa shape index (κ3) is 4.57. The van der Waals surface area contributed by atoms with E-state index in [4.69, 9.17) is 0 Å². The van der Waals surface area contributed by atoms with Crippen LogP contribution in [0.25, 0.3) is 0 Å². The predicted molar refractivity (Wildman–Crippen MR) is 90.8 cm³/mol. The monoisotopic (exact) mass is 358 g/mol. The van der Waals surface area contributed by atoms with Crippen molar-refractivity contribution in [1.82, 2.24) is 5.32 Å². The van der Waals surface area contributed by atoms with Crippen molar-refractivity contribution in [3.63, 3.8) is 0 Å². The lowest BCUT2D eigenvalue weighted by Gasteiger charge is -2.31. The zero-order valence-corrected chi connectivity index (χ0v) is 14.8. The first-order valence-electron chi connectivity index (χ1n) is 6.98. The molecule has 2 rings (SSSR count). The van der Waals surface area contributed by atoms with Gasteiger partial charge in [0, 0.05) is 57.6 Å². The molecule has 1 N–H and O–H groups in total. The lowest BCUT2D eigenvalue weighted by Crippen LogP contribution is -2.39. The molecule has 1 aromatic rings. The second kappa shape index (κ2) is 6.58. The van der Waals surface area contributed by atoms with Crippen LogP contribution >= 0.6 is 15.9 Å². The van der Waals surface area contributed by atoms with E-state index in [9.17, 15) is 4.21 Å². The Kier molecular flexibility index (Phi) is 5.26. The van der Waals surface area contributed by atoms with Gasteiger partial charge < -0.3 is 10.2 Å². The number of nitrogens with zero attached hydrogens (tertiary/aromatic N) is 1. The topological polar surface area (TPSA) is 32.3 Å². The van der Waals surface area contributed by atoms with Gasteiger partial charge in [-0.1, -0.05) is 22.0 Å². The minimum Gasteiger partial charge on any atom is -0.369 e. The molecule has 1 aromatic carbocycles. The average Bonchev–Trinajstić information content (AvgIpc) is 2.37. The summed E-state index contributed by atoms with van der Waals surface area (Å²) < 4.78 is 12.6. The first-order chi connectivity index (χ1) is 9.35. The van der Waals surface area contributed by atoms with E-state index in [-0.39, 0.29) is 5.54 Å². The highest BCUT2D eigenvalue weighted by Gasteiger charge is 2.19. The van der Waals surface area contributed by atoms with Gasteiger partial charge in [-0.3, -0.25) is 4.21 Å². The highest BCUT2D eigenvalue weighted by Crippen LogP contribution is 2.26. The first kappa shape index (κ1) is 16.0. The Balaban J connectivity index is 2.17.